The fourth-order valence-corrected chi connectivity index (χ4v) is 2.34. The smallest absolute Gasteiger partial charge is 0.251 e. The molecule has 1 aliphatic carbocycles. The number of amides is 1. The number of aryl methyl sites for hydroxylation is 1. The fourth-order valence-electron chi connectivity index (χ4n) is 2.34. The van der Waals surface area contributed by atoms with Crippen LogP contribution in [0.1, 0.15) is 42.1 Å². The molecule has 0 atom stereocenters. The minimum atomic E-state index is 0.0108. The van der Waals surface area contributed by atoms with Gasteiger partial charge in [0.2, 0.25) is 0 Å². The van der Waals surface area contributed by atoms with Gasteiger partial charge in [-0.25, -0.2) is 0 Å². The zero-order valence-corrected chi connectivity index (χ0v) is 10.9. The molecule has 3 heteroatoms. The van der Waals surface area contributed by atoms with Crippen LogP contribution < -0.4 is 5.32 Å². The van der Waals surface area contributed by atoms with E-state index in [0.29, 0.717) is 6.54 Å². The van der Waals surface area contributed by atoms with E-state index in [0.717, 1.165) is 36.8 Å². The first-order chi connectivity index (χ1) is 8.71. The Morgan fingerprint density at radius 3 is 2.72 bits per heavy atom. The van der Waals surface area contributed by atoms with Gasteiger partial charge >= 0.3 is 0 Å². The minimum absolute atomic E-state index is 0.0108. The Morgan fingerprint density at radius 2 is 2.11 bits per heavy atom. The Hall–Kier alpha value is -1.35. The number of rotatable bonds is 6. The van der Waals surface area contributed by atoms with Gasteiger partial charge in [-0.3, -0.25) is 4.79 Å². The second kappa shape index (κ2) is 5.53. The summed E-state index contributed by atoms with van der Waals surface area (Å²) in [6.45, 7) is 2.95. The zero-order chi connectivity index (χ0) is 13.0. The van der Waals surface area contributed by atoms with Gasteiger partial charge in [0.1, 0.15) is 0 Å². The van der Waals surface area contributed by atoms with Gasteiger partial charge in [-0.15, -0.1) is 0 Å². The van der Waals surface area contributed by atoms with Gasteiger partial charge in [0.05, 0.1) is 0 Å². The van der Waals surface area contributed by atoms with Crippen molar-refractivity contribution in [2.24, 2.45) is 5.41 Å². The Balaban J connectivity index is 1.96. The van der Waals surface area contributed by atoms with E-state index < -0.39 is 0 Å². The van der Waals surface area contributed by atoms with Crippen molar-refractivity contribution < 1.29 is 9.90 Å². The molecule has 2 rings (SSSR count). The lowest BCUT2D eigenvalue weighted by Gasteiger charge is -2.15. The van der Waals surface area contributed by atoms with E-state index in [1.165, 1.54) is 0 Å². The van der Waals surface area contributed by atoms with Crippen LogP contribution in [-0.4, -0.2) is 24.2 Å². The predicted octanol–water partition coefficient (Wildman–Crippen LogP) is 2.14. The van der Waals surface area contributed by atoms with Gasteiger partial charge in [0.15, 0.2) is 0 Å². The van der Waals surface area contributed by atoms with Crippen LogP contribution in [0.3, 0.4) is 0 Å². The zero-order valence-electron chi connectivity index (χ0n) is 10.9. The molecule has 0 aromatic heterocycles. The summed E-state index contributed by atoms with van der Waals surface area (Å²) in [5.74, 6) is 0.0108. The van der Waals surface area contributed by atoms with Gasteiger partial charge in [-0.2, -0.15) is 0 Å². The molecular formula is C15H21NO2. The summed E-state index contributed by atoms with van der Waals surface area (Å²) in [6.07, 6.45) is 3.89. The van der Waals surface area contributed by atoms with Crippen molar-refractivity contribution in [2.75, 3.05) is 13.2 Å². The number of carbonyl (C=O) groups is 1. The van der Waals surface area contributed by atoms with Crippen molar-refractivity contribution in [3.8, 4) is 0 Å². The third-order valence-corrected chi connectivity index (χ3v) is 3.87. The molecule has 98 valence electrons. The Morgan fingerprint density at radius 1 is 1.39 bits per heavy atom. The predicted molar refractivity (Wildman–Crippen MR) is 71.5 cm³/mol. The van der Waals surface area contributed by atoms with Crippen LogP contribution >= 0.6 is 0 Å². The average molecular weight is 247 g/mol. The maximum atomic E-state index is 12.1. The first-order valence-corrected chi connectivity index (χ1v) is 6.68. The molecule has 0 bridgehead atoms. The number of aliphatic hydroxyl groups excluding tert-OH is 1. The number of nitrogens with one attached hydrogen (secondary N) is 1. The van der Waals surface area contributed by atoms with E-state index in [2.05, 4.69) is 12.2 Å². The normalized spacial score (nSPS) is 16.3. The standard InChI is InChI=1S/C15H21NO2/c1-2-12-5-3-4-6-13(12)14(18)16-11-15(7-8-15)9-10-17/h3-6,17H,2,7-11H2,1H3,(H,16,18). The second-order valence-corrected chi connectivity index (χ2v) is 5.17. The fraction of sp³-hybridized carbons (Fsp3) is 0.533. The highest BCUT2D eigenvalue weighted by Gasteiger charge is 2.41. The maximum absolute atomic E-state index is 12.1. The average Bonchev–Trinajstić information content (AvgIpc) is 3.16. The number of carbonyl (C=O) groups excluding carboxylic acids is 1. The van der Waals surface area contributed by atoms with Gasteiger partial charge in [0, 0.05) is 18.7 Å². The Bertz CT molecular complexity index is 424. The molecule has 1 amide bonds. The third-order valence-electron chi connectivity index (χ3n) is 3.87. The summed E-state index contributed by atoms with van der Waals surface area (Å²) in [5.41, 5.74) is 2.03. The van der Waals surface area contributed by atoms with Gasteiger partial charge in [0.25, 0.3) is 5.91 Å². The van der Waals surface area contributed by atoms with Crippen molar-refractivity contribution in [3.05, 3.63) is 35.4 Å². The molecule has 3 nitrogen and oxygen atoms in total. The van der Waals surface area contributed by atoms with Crippen LogP contribution in [0.2, 0.25) is 0 Å². The summed E-state index contributed by atoms with van der Waals surface area (Å²) in [7, 11) is 0. The van der Waals surface area contributed by atoms with Crippen LogP contribution in [0.5, 0.6) is 0 Å². The highest BCUT2D eigenvalue weighted by atomic mass is 16.3. The van der Waals surface area contributed by atoms with Crippen LogP contribution in [0.25, 0.3) is 0 Å². The summed E-state index contributed by atoms with van der Waals surface area (Å²) in [4.78, 5) is 12.1. The number of aliphatic hydroxyl groups is 1. The van der Waals surface area contributed by atoms with Gasteiger partial charge < -0.3 is 10.4 Å². The Kier molecular flexibility index (Phi) is 4.02. The van der Waals surface area contributed by atoms with Gasteiger partial charge in [-0.1, -0.05) is 25.1 Å². The highest BCUT2D eigenvalue weighted by molar-refractivity contribution is 5.95. The van der Waals surface area contributed by atoms with Crippen LogP contribution in [0, 0.1) is 5.41 Å². The van der Waals surface area contributed by atoms with Gasteiger partial charge in [-0.05, 0) is 42.7 Å². The summed E-state index contributed by atoms with van der Waals surface area (Å²) >= 11 is 0. The largest absolute Gasteiger partial charge is 0.396 e. The maximum Gasteiger partial charge on any atom is 0.251 e. The van der Waals surface area contributed by atoms with Crippen LogP contribution in [-0.2, 0) is 6.42 Å². The van der Waals surface area contributed by atoms with Crippen molar-refractivity contribution in [1.82, 2.24) is 5.32 Å². The van der Waals surface area contributed by atoms with E-state index >= 15 is 0 Å². The van der Waals surface area contributed by atoms with E-state index in [-0.39, 0.29) is 17.9 Å². The quantitative estimate of drug-likeness (QED) is 0.809. The lowest BCUT2D eigenvalue weighted by atomic mass is 10.0. The summed E-state index contributed by atoms with van der Waals surface area (Å²) in [5, 5.41) is 12.0. The molecule has 1 saturated carbocycles. The SMILES string of the molecule is CCc1ccccc1C(=O)NCC1(CCO)CC1. The number of benzene rings is 1. The van der Waals surface area contributed by atoms with Crippen molar-refractivity contribution in [1.29, 1.82) is 0 Å². The second-order valence-electron chi connectivity index (χ2n) is 5.17. The Labute approximate surface area is 108 Å². The first-order valence-electron chi connectivity index (χ1n) is 6.68. The number of hydrogen-bond acceptors (Lipinski definition) is 2. The molecule has 1 fully saturated rings. The summed E-state index contributed by atoms with van der Waals surface area (Å²) < 4.78 is 0. The lowest BCUT2D eigenvalue weighted by Crippen LogP contribution is -2.31. The molecule has 1 aromatic carbocycles. The lowest BCUT2D eigenvalue weighted by molar-refractivity contribution is 0.0940. The molecule has 1 aliphatic rings. The minimum Gasteiger partial charge on any atom is -0.396 e. The molecular weight excluding hydrogens is 226 g/mol. The highest BCUT2D eigenvalue weighted by Crippen LogP contribution is 2.47. The molecule has 0 radical (unpaired) electrons. The molecule has 0 aliphatic heterocycles. The van der Waals surface area contributed by atoms with E-state index in [4.69, 9.17) is 5.11 Å². The van der Waals surface area contributed by atoms with Crippen molar-refractivity contribution in [3.63, 3.8) is 0 Å². The molecule has 0 unspecified atom stereocenters. The van der Waals surface area contributed by atoms with E-state index in [1.807, 2.05) is 24.3 Å². The molecule has 0 heterocycles. The van der Waals surface area contributed by atoms with E-state index in [9.17, 15) is 4.79 Å². The first kappa shape index (κ1) is 13.1. The van der Waals surface area contributed by atoms with Crippen LogP contribution in [0.15, 0.2) is 24.3 Å². The molecule has 1 aromatic rings. The number of hydrogen-bond donors (Lipinski definition) is 2. The summed E-state index contributed by atoms with van der Waals surface area (Å²) in [6, 6.07) is 7.73. The van der Waals surface area contributed by atoms with E-state index in [1.54, 1.807) is 0 Å². The monoisotopic (exact) mass is 247 g/mol. The molecule has 18 heavy (non-hydrogen) atoms. The third kappa shape index (κ3) is 2.91. The molecule has 0 saturated heterocycles. The topological polar surface area (TPSA) is 49.3 Å². The van der Waals surface area contributed by atoms with Crippen molar-refractivity contribution >= 4 is 5.91 Å². The van der Waals surface area contributed by atoms with Crippen molar-refractivity contribution in [2.45, 2.75) is 32.6 Å². The molecule has 2 N–H and O–H groups in total. The molecule has 0 spiro atoms. The van der Waals surface area contributed by atoms with Crippen LogP contribution in [0.4, 0.5) is 0 Å².